The van der Waals surface area contributed by atoms with Gasteiger partial charge < -0.3 is 5.32 Å². The number of aromatic nitrogens is 1. The molecule has 1 fully saturated rings. The summed E-state index contributed by atoms with van der Waals surface area (Å²) in [5.41, 5.74) is 6.36. The van der Waals surface area contributed by atoms with Gasteiger partial charge in [0.05, 0.1) is 10.2 Å². The van der Waals surface area contributed by atoms with Gasteiger partial charge in [0.1, 0.15) is 0 Å². The van der Waals surface area contributed by atoms with Crippen LogP contribution in [0.5, 0.6) is 0 Å². The average molecular weight is 385 g/mol. The van der Waals surface area contributed by atoms with Gasteiger partial charge in [-0.05, 0) is 54.7 Å². The molecule has 1 saturated carbocycles. The Morgan fingerprint density at radius 2 is 1.64 bits per heavy atom. The number of hydrogen-bond acceptors (Lipinski definition) is 4. The van der Waals surface area contributed by atoms with Gasteiger partial charge in [-0.1, -0.05) is 59.9 Å². The molecule has 1 aliphatic carbocycles. The van der Waals surface area contributed by atoms with Gasteiger partial charge in [0.15, 0.2) is 10.9 Å². The first kappa shape index (κ1) is 17.1. The summed E-state index contributed by atoms with van der Waals surface area (Å²) in [6.45, 7) is 2.09. The summed E-state index contributed by atoms with van der Waals surface area (Å²) in [6.07, 6.45) is 2.09. The largest absolute Gasteiger partial charge is 0.332 e. The quantitative estimate of drug-likeness (QED) is 0.394. The summed E-state index contributed by atoms with van der Waals surface area (Å²) >= 11 is 1.66. The van der Waals surface area contributed by atoms with Crippen LogP contribution in [0.25, 0.3) is 21.3 Å². The topological polar surface area (TPSA) is 42.0 Å². The third kappa shape index (κ3) is 3.32. The minimum Gasteiger partial charge on any atom is -0.332 e. The molecular formula is C24H20N2OS. The van der Waals surface area contributed by atoms with Crippen LogP contribution in [0, 0.1) is 12.8 Å². The van der Waals surface area contributed by atoms with Crippen LogP contribution in [0.3, 0.4) is 0 Å². The van der Waals surface area contributed by atoms with Crippen molar-refractivity contribution in [1.29, 1.82) is 0 Å². The van der Waals surface area contributed by atoms with Gasteiger partial charge in [-0.15, -0.1) is 0 Å². The summed E-state index contributed by atoms with van der Waals surface area (Å²) in [5, 5.41) is 4.31. The maximum atomic E-state index is 12.1. The number of fused-ring (bicyclic) bond motifs is 1. The Balaban J connectivity index is 1.33. The van der Waals surface area contributed by atoms with Gasteiger partial charge in [-0.25, -0.2) is 4.98 Å². The number of para-hydroxylation sites is 1. The zero-order chi connectivity index (χ0) is 19.1. The molecule has 1 aliphatic rings. The van der Waals surface area contributed by atoms with Crippen molar-refractivity contribution < 1.29 is 4.79 Å². The number of ketones is 1. The van der Waals surface area contributed by atoms with Gasteiger partial charge in [0.2, 0.25) is 0 Å². The van der Waals surface area contributed by atoms with Gasteiger partial charge in [-0.3, -0.25) is 4.79 Å². The molecule has 1 heterocycles. The normalized spacial score (nSPS) is 13.6. The van der Waals surface area contributed by atoms with Crippen molar-refractivity contribution in [2.24, 2.45) is 5.92 Å². The second-order valence-corrected chi connectivity index (χ2v) is 8.39. The number of nitrogens with zero attached hydrogens (tertiary/aromatic N) is 1. The second-order valence-electron chi connectivity index (χ2n) is 7.36. The molecule has 0 amide bonds. The van der Waals surface area contributed by atoms with Crippen molar-refractivity contribution in [1.82, 2.24) is 4.98 Å². The van der Waals surface area contributed by atoms with E-state index in [4.69, 9.17) is 4.98 Å². The van der Waals surface area contributed by atoms with Crippen LogP contribution in [-0.4, -0.2) is 10.8 Å². The van der Waals surface area contributed by atoms with Crippen LogP contribution in [0.15, 0.2) is 66.7 Å². The van der Waals surface area contributed by atoms with Crippen molar-refractivity contribution in [3.63, 3.8) is 0 Å². The first-order chi connectivity index (χ1) is 13.7. The van der Waals surface area contributed by atoms with E-state index in [0.717, 1.165) is 45.9 Å². The van der Waals surface area contributed by atoms with Gasteiger partial charge in [-0.2, -0.15) is 0 Å². The smallest absolute Gasteiger partial charge is 0.188 e. The third-order valence-electron chi connectivity index (χ3n) is 5.21. The molecule has 0 atom stereocenters. The molecule has 4 heteroatoms. The molecule has 0 radical (unpaired) electrons. The molecule has 0 aliphatic heterocycles. The number of aryl methyl sites for hydroxylation is 1. The molecule has 0 bridgehead atoms. The summed E-state index contributed by atoms with van der Waals surface area (Å²) in [4.78, 5) is 16.9. The molecule has 138 valence electrons. The van der Waals surface area contributed by atoms with E-state index < -0.39 is 0 Å². The Morgan fingerprint density at radius 1 is 0.964 bits per heavy atom. The maximum absolute atomic E-state index is 12.1. The second kappa shape index (κ2) is 6.88. The number of anilines is 2. The molecule has 3 nitrogen and oxygen atoms in total. The fourth-order valence-electron chi connectivity index (χ4n) is 3.42. The van der Waals surface area contributed by atoms with Crippen LogP contribution in [0.4, 0.5) is 10.8 Å². The Kier molecular flexibility index (Phi) is 4.21. The molecule has 3 aromatic carbocycles. The highest BCUT2D eigenvalue weighted by Gasteiger charge is 2.30. The average Bonchev–Trinajstić information content (AvgIpc) is 3.49. The van der Waals surface area contributed by atoms with Crippen LogP contribution >= 0.6 is 11.3 Å². The zero-order valence-electron chi connectivity index (χ0n) is 15.6. The molecule has 1 aromatic heterocycles. The Hall–Kier alpha value is -2.98. The van der Waals surface area contributed by atoms with E-state index in [1.807, 2.05) is 24.3 Å². The first-order valence-corrected chi connectivity index (χ1v) is 10.4. The van der Waals surface area contributed by atoms with E-state index >= 15 is 0 Å². The van der Waals surface area contributed by atoms with E-state index in [0.29, 0.717) is 0 Å². The first-order valence-electron chi connectivity index (χ1n) is 9.55. The minimum atomic E-state index is 0.266. The lowest BCUT2D eigenvalue weighted by Crippen LogP contribution is -2.00. The number of benzene rings is 3. The minimum absolute atomic E-state index is 0.266. The molecule has 5 rings (SSSR count). The highest BCUT2D eigenvalue weighted by atomic mass is 32.1. The van der Waals surface area contributed by atoms with Gasteiger partial charge in [0.25, 0.3) is 0 Å². The molecule has 28 heavy (non-hydrogen) atoms. The predicted molar refractivity (Wildman–Crippen MR) is 117 cm³/mol. The number of Topliss-reactive ketones (excluding diaryl/α,β-unsaturated/α-hetero) is 1. The molecular weight excluding hydrogens is 364 g/mol. The monoisotopic (exact) mass is 384 g/mol. The molecule has 0 spiro atoms. The fourth-order valence-corrected chi connectivity index (χ4v) is 4.38. The van der Waals surface area contributed by atoms with E-state index in [9.17, 15) is 4.79 Å². The van der Waals surface area contributed by atoms with Crippen molar-refractivity contribution in [2.75, 3.05) is 5.32 Å². The lowest BCUT2D eigenvalue weighted by Gasteiger charge is -2.06. The summed E-state index contributed by atoms with van der Waals surface area (Å²) in [5.74, 6) is 0.555. The number of carbonyl (C=O) groups excluding carboxylic acids is 1. The summed E-state index contributed by atoms with van der Waals surface area (Å²) in [7, 11) is 0. The summed E-state index contributed by atoms with van der Waals surface area (Å²) in [6, 6.07) is 22.6. The lowest BCUT2D eigenvalue weighted by atomic mass is 10.0. The number of rotatable bonds is 5. The molecule has 4 aromatic rings. The molecule has 1 N–H and O–H groups in total. The number of hydrogen-bond donors (Lipinski definition) is 1. The van der Waals surface area contributed by atoms with Crippen LogP contribution in [-0.2, 0) is 0 Å². The van der Waals surface area contributed by atoms with Crippen molar-refractivity contribution in [3.8, 4) is 11.1 Å². The predicted octanol–water partition coefficient (Wildman–Crippen LogP) is 6.61. The van der Waals surface area contributed by atoms with E-state index in [-0.39, 0.29) is 11.7 Å². The lowest BCUT2D eigenvalue weighted by molar-refractivity contribution is 0.0967. The molecule has 0 saturated heterocycles. The van der Waals surface area contributed by atoms with Gasteiger partial charge in [0, 0.05) is 17.2 Å². The van der Waals surface area contributed by atoms with Crippen molar-refractivity contribution >= 4 is 38.2 Å². The van der Waals surface area contributed by atoms with Crippen molar-refractivity contribution in [3.05, 3.63) is 77.9 Å². The highest BCUT2D eigenvalue weighted by Crippen LogP contribution is 2.33. The highest BCUT2D eigenvalue weighted by molar-refractivity contribution is 7.22. The standard InChI is InChI=1S/C24H20N2OS/c1-15-3-2-4-21-22(15)26-24(28-21)25-20-13-11-17(12-14-20)16-5-7-18(8-6-16)23(27)19-9-10-19/h2-8,11-14,19H,9-10H2,1H3,(H,25,26). The Morgan fingerprint density at radius 3 is 2.29 bits per heavy atom. The SMILES string of the molecule is Cc1cccc2sc(Nc3ccc(-c4ccc(C(=O)C5CC5)cc4)cc3)nc12. The van der Waals surface area contributed by atoms with Crippen LogP contribution in [0.1, 0.15) is 28.8 Å². The Labute approximate surface area is 168 Å². The zero-order valence-corrected chi connectivity index (χ0v) is 16.4. The van der Waals surface area contributed by atoms with E-state index in [1.54, 1.807) is 11.3 Å². The van der Waals surface area contributed by atoms with Crippen molar-refractivity contribution in [2.45, 2.75) is 19.8 Å². The van der Waals surface area contributed by atoms with E-state index in [1.165, 1.54) is 10.3 Å². The number of carbonyl (C=O) groups is 1. The van der Waals surface area contributed by atoms with E-state index in [2.05, 4.69) is 54.7 Å². The number of nitrogens with one attached hydrogen (secondary N) is 1. The van der Waals surface area contributed by atoms with Gasteiger partial charge >= 0.3 is 0 Å². The molecule has 0 unspecified atom stereocenters. The summed E-state index contributed by atoms with van der Waals surface area (Å²) < 4.78 is 1.19. The third-order valence-corrected chi connectivity index (χ3v) is 6.14. The fraction of sp³-hybridized carbons (Fsp3) is 0.167. The number of thiazole rings is 1. The van der Waals surface area contributed by atoms with Crippen LogP contribution in [0.2, 0.25) is 0 Å². The maximum Gasteiger partial charge on any atom is 0.188 e. The van der Waals surface area contributed by atoms with Crippen LogP contribution < -0.4 is 5.32 Å². The Bertz CT molecular complexity index is 1160.